The summed E-state index contributed by atoms with van der Waals surface area (Å²) in [6.07, 6.45) is 1.76. The Morgan fingerprint density at radius 1 is 1.24 bits per heavy atom. The summed E-state index contributed by atoms with van der Waals surface area (Å²) in [7, 11) is 1.59. The highest BCUT2D eigenvalue weighted by Crippen LogP contribution is 2.42. The number of hydrogen-bond acceptors (Lipinski definition) is 5. The van der Waals surface area contributed by atoms with Gasteiger partial charge in [0.25, 0.3) is 11.5 Å². The second-order valence-electron chi connectivity index (χ2n) is 9.32. The summed E-state index contributed by atoms with van der Waals surface area (Å²) in [5.41, 5.74) is 6.66. The lowest BCUT2D eigenvalue weighted by Crippen LogP contribution is -2.29. The number of aromatic nitrogens is 2. The van der Waals surface area contributed by atoms with Gasteiger partial charge in [0.1, 0.15) is 0 Å². The van der Waals surface area contributed by atoms with Gasteiger partial charge in [-0.2, -0.15) is 0 Å². The highest BCUT2D eigenvalue weighted by Gasteiger charge is 2.32. The molecule has 1 aliphatic rings. The Morgan fingerprint density at radius 3 is 2.62 bits per heavy atom. The van der Waals surface area contributed by atoms with Crippen molar-refractivity contribution in [2.45, 2.75) is 53.1 Å². The minimum atomic E-state index is -0.184. The van der Waals surface area contributed by atoms with Crippen molar-refractivity contribution in [3.05, 3.63) is 74.8 Å². The molecule has 0 saturated carbocycles. The largest absolute Gasteiger partial charge is 0.481 e. The van der Waals surface area contributed by atoms with E-state index in [1.807, 2.05) is 38.1 Å². The Labute approximate surface area is 200 Å². The zero-order valence-corrected chi connectivity index (χ0v) is 20.7. The SMILES string of the molecule is COc1ccc(-c2cc(C(=O)NCc3c(C)cc(C)[nH]c3=O)c3c(c2)N(C(C)C)C[C@@H]3C)cn1. The van der Waals surface area contributed by atoms with E-state index < -0.39 is 0 Å². The van der Waals surface area contributed by atoms with Crippen LogP contribution in [0.3, 0.4) is 0 Å². The van der Waals surface area contributed by atoms with Gasteiger partial charge in [-0.3, -0.25) is 9.59 Å². The number of nitrogens with one attached hydrogen (secondary N) is 2. The maximum Gasteiger partial charge on any atom is 0.253 e. The molecular formula is C27H32N4O3. The minimum Gasteiger partial charge on any atom is -0.481 e. The van der Waals surface area contributed by atoms with Crippen LogP contribution in [0.25, 0.3) is 11.1 Å². The Balaban J connectivity index is 1.74. The lowest BCUT2D eigenvalue weighted by atomic mass is 9.92. The molecule has 4 rings (SSSR count). The summed E-state index contributed by atoms with van der Waals surface area (Å²) in [5.74, 6) is 0.570. The number of nitrogens with zero attached hydrogens (tertiary/aromatic N) is 2. The van der Waals surface area contributed by atoms with Crippen molar-refractivity contribution in [3.8, 4) is 17.0 Å². The van der Waals surface area contributed by atoms with Gasteiger partial charge < -0.3 is 19.9 Å². The Bertz CT molecular complexity index is 1280. The second kappa shape index (κ2) is 9.33. The molecule has 34 heavy (non-hydrogen) atoms. The number of carbonyl (C=O) groups is 1. The fourth-order valence-electron chi connectivity index (χ4n) is 4.76. The van der Waals surface area contributed by atoms with Crippen LogP contribution >= 0.6 is 0 Å². The summed E-state index contributed by atoms with van der Waals surface area (Å²) >= 11 is 0. The van der Waals surface area contributed by atoms with Crippen molar-refractivity contribution in [1.29, 1.82) is 0 Å². The molecule has 178 valence electrons. The molecule has 7 nitrogen and oxygen atoms in total. The summed E-state index contributed by atoms with van der Waals surface area (Å²) in [6.45, 7) is 11.2. The molecule has 7 heteroatoms. The van der Waals surface area contributed by atoms with Crippen LogP contribution in [0.4, 0.5) is 5.69 Å². The molecule has 3 aromatic rings. The van der Waals surface area contributed by atoms with Gasteiger partial charge in [-0.25, -0.2) is 4.98 Å². The number of aryl methyl sites for hydroxylation is 2. The fourth-order valence-corrected chi connectivity index (χ4v) is 4.76. The normalized spacial score (nSPS) is 14.9. The Morgan fingerprint density at radius 2 is 2.00 bits per heavy atom. The lowest BCUT2D eigenvalue weighted by Gasteiger charge is -2.25. The van der Waals surface area contributed by atoms with Crippen LogP contribution in [-0.2, 0) is 6.54 Å². The number of fused-ring (bicyclic) bond motifs is 1. The molecule has 0 unspecified atom stereocenters. The quantitative estimate of drug-likeness (QED) is 0.572. The van der Waals surface area contributed by atoms with Crippen LogP contribution in [0.1, 0.15) is 59.4 Å². The van der Waals surface area contributed by atoms with Crippen molar-refractivity contribution in [3.63, 3.8) is 0 Å². The van der Waals surface area contributed by atoms with E-state index in [2.05, 4.69) is 47.0 Å². The standard InChI is InChI=1S/C27H32N4O3/c1-15(2)31-14-17(4)25-21(26(32)29-13-22-16(3)9-18(5)30-27(22)33)10-20(11-23(25)31)19-7-8-24(34-6)28-12-19/h7-12,15,17H,13-14H2,1-6H3,(H,29,32)(H,30,33)/t17-/m0/s1. The van der Waals surface area contributed by atoms with Crippen molar-refractivity contribution < 1.29 is 9.53 Å². The van der Waals surface area contributed by atoms with Gasteiger partial charge >= 0.3 is 0 Å². The van der Waals surface area contributed by atoms with Crippen LogP contribution in [0.15, 0.2) is 41.3 Å². The number of hydrogen-bond donors (Lipinski definition) is 2. The molecule has 0 bridgehead atoms. The number of ether oxygens (including phenoxy) is 1. The molecule has 0 spiro atoms. The van der Waals surface area contributed by atoms with E-state index >= 15 is 0 Å². The van der Waals surface area contributed by atoms with E-state index in [9.17, 15) is 9.59 Å². The highest BCUT2D eigenvalue weighted by molar-refractivity contribution is 5.99. The predicted octanol–water partition coefficient (Wildman–Crippen LogP) is 4.32. The smallest absolute Gasteiger partial charge is 0.253 e. The number of carbonyl (C=O) groups excluding carboxylic acids is 1. The van der Waals surface area contributed by atoms with Crippen LogP contribution in [0.5, 0.6) is 5.88 Å². The maximum atomic E-state index is 13.5. The van der Waals surface area contributed by atoms with Crippen LogP contribution in [-0.4, -0.2) is 35.6 Å². The monoisotopic (exact) mass is 460 g/mol. The molecular weight excluding hydrogens is 428 g/mol. The zero-order chi connectivity index (χ0) is 24.6. The number of aromatic amines is 1. The Kier molecular flexibility index (Phi) is 6.46. The fraction of sp³-hybridized carbons (Fsp3) is 0.370. The van der Waals surface area contributed by atoms with Gasteiger partial charge in [-0.15, -0.1) is 0 Å². The molecule has 0 aliphatic carbocycles. The van der Waals surface area contributed by atoms with Gasteiger partial charge in [0.05, 0.1) is 7.11 Å². The van der Waals surface area contributed by atoms with E-state index in [1.54, 1.807) is 13.3 Å². The van der Waals surface area contributed by atoms with Crippen LogP contribution < -0.4 is 20.5 Å². The molecule has 3 heterocycles. The van der Waals surface area contributed by atoms with E-state index in [0.717, 1.165) is 40.2 Å². The minimum absolute atomic E-state index is 0.166. The first-order chi connectivity index (χ1) is 16.2. The van der Waals surface area contributed by atoms with E-state index in [0.29, 0.717) is 23.0 Å². The number of methoxy groups -OCH3 is 1. The molecule has 1 aliphatic heterocycles. The van der Waals surface area contributed by atoms with Crippen molar-refractivity contribution in [2.75, 3.05) is 18.6 Å². The van der Waals surface area contributed by atoms with Crippen molar-refractivity contribution in [2.24, 2.45) is 0 Å². The third-order valence-corrected chi connectivity index (χ3v) is 6.50. The predicted molar refractivity (Wildman–Crippen MR) is 135 cm³/mol. The molecule has 0 saturated heterocycles. The summed E-state index contributed by atoms with van der Waals surface area (Å²) in [5, 5.41) is 2.99. The van der Waals surface area contributed by atoms with Gasteiger partial charge in [-0.1, -0.05) is 6.92 Å². The molecule has 1 atom stereocenters. The maximum absolute atomic E-state index is 13.5. The third-order valence-electron chi connectivity index (χ3n) is 6.50. The number of rotatable bonds is 6. The average molecular weight is 461 g/mol. The van der Waals surface area contributed by atoms with E-state index in [4.69, 9.17) is 4.74 Å². The van der Waals surface area contributed by atoms with Crippen molar-refractivity contribution >= 4 is 11.6 Å². The van der Waals surface area contributed by atoms with Crippen molar-refractivity contribution in [1.82, 2.24) is 15.3 Å². The van der Waals surface area contributed by atoms with Gasteiger partial charge in [0, 0.05) is 65.4 Å². The van der Waals surface area contributed by atoms with Gasteiger partial charge in [0.2, 0.25) is 5.88 Å². The first kappa shape index (κ1) is 23.5. The third kappa shape index (κ3) is 4.42. The van der Waals surface area contributed by atoms with Crippen LogP contribution in [0.2, 0.25) is 0 Å². The summed E-state index contributed by atoms with van der Waals surface area (Å²) in [4.78, 5) is 35.4. The molecule has 1 amide bonds. The second-order valence-corrected chi connectivity index (χ2v) is 9.32. The first-order valence-corrected chi connectivity index (χ1v) is 11.6. The summed E-state index contributed by atoms with van der Waals surface area (Å²) in [6, 6.07) is 10.1. The number of amides is 1. The van der Waals surface area contributed by atoms with Gasteiger partial charge in [0.15, 0.2) is 0 Å². The number of pyridine rings is 2. The molecule has 1 aromatic carbocycles. The number of H-pyrrole nitrogens is 1. The molecule has 0 fully saturated rings. The Hall–Kier alpha value is -3.61. The van der Waals surface area contributed by atoms with Crippen LogP contribution in [0, 0.1) is 13.8 Å². The number of anilines is 1. The zero-order valence-electron chi connectivity index (χ0n) is 20.7. The topological polar surface area (TPSA) is 87.3 Å². The summed E-state index contributed by atoms with van der Waals surface area (Å²) < 4.78 is 5.19. The molecule has 0 radical (unpaired) electrons. The first-order valence-electron chi connectivity index (χ1n) is 11.6. The molecule has 2 N–H and O–H groups in total. The number of benzene rings is 1. The lowest BCUT2D eigenvalue weighted by molar-refractivity contribution is 0.0949. The average Bonchev–Trinajstić information content (AvgIpc) is 3.14. The van der Waals surface area contributed by atoms with E-state index in [1.165, 1.54) is 0 Å². The van der Waals surface area contributed by atoms with E-state index in [-0.39, 0.29) is 23.9 Å². The molecule has 2 aromatic heterocycles. The van der Waals surface area contributed by atoms with Gasteiger partial charge in [-0.05, 0) is 68.7 Å². The highest BCUT2D eigenvalue weighted by atomic mass is 16.5.